The van der Waals surface area contributed by atoms with E-state index in [2.05, 4.69) is 5.32 Å². The number of hydrogen-bond donors (Lipinski definition) is 1. The van der Waals surface area contributed by atoms with Crippen molar-refractivity contribution in [2.45, 2.75) is 25.7 Å². The van der Waals surface area contributed by atoms with Gasteiger partial charge in [-0.2, -0.15) is 0 Å². The molecule has 0 radical (unpaired) electrons. The minimum Gasteiger partial charge on any atom is -0.381 e. The fourth-order valence-electron chi connectivity index (χ4n) is 1.15. The summed E-state index contributed by atoms with van der Waals surface area (Å²) in [6.07, 6.45) is 4.38. The van der Waals surface area contributed by atoms with Crippen LogP contribution in [0.25, 0.3) is 0 Å². The first-order valence-corrected chi connectivity index (χ1v) is 5.28. The zero-order chi connectivity index (χ0) is 9.36. The van der Waals surface area contributed by atoms with Gasteiger partial charge in [-0.15, -0.1) is 0 Å². The number of halogens is 1. The highest BCUT2D eigenvalue weighted by Crippen LogP contribution is 2.28. The Hall–Kier alpha value is -0.150. The van der Waals surface area contributed by atoms with E-state index in [1.807, 2.05) is 0 Å². The Morgan fingerprint density at radius 1 is 1.23 bits per heavy atom. The van der Waals surface area contributed by atoms with E-state index >= 15 is 0 Å². The number of alkyl halides is 1. The van der Waals surface area contributed by atoms with Crippen LogP contribution in [-0.4, -0.2) is 33.0 Å². The molecule has 13 heavy (non-hydrogen) atoms. The van der Waals surface area contributed by atoms with Crippen molar-refractivity contribution in [2.75, 3.05) is 33.0 Å². The molecule has 0 atom stereocenters. The monoisotopic (exact) mass is 189 g/mol. The predicted octanol–water partition coefficient (Wildman–Crippen LogP) is 1.75. The van der Waals surface area contributed by atoms with Gasteiger partial charge in [0, 0.05) is 13.2 Å². The van der Waals surface area contributed by atoms with Crippen LogP contribution in [0.15, 0.2) is 0 Å². The van der Waals surface area contributed by atoms with Gasteiger partial charge in [0.25, 0.3) is 0 Å². The normalized spacial score (nSPS) is 16.4. The van der Waals surface area contributed by atoms with E-state index in [1.165, 1.54) is 12.8 Å². The van der Waals surface area contributed by atoms with Gasteiger partial charge in [-0.1, -0.05) is 0 Å². The standard InChI is InChI=1S/C10H20FNO/c11-5-1-6-12-7-2-8-13-9-10-3-4-10/h10,12H,1-9H2. The second-order valence-corrected chi connectivity index (χ2v) is 3.66. The Balaban J connectivity index is 1.63. The topological polar surface area (TPSA) is 21.3 Å². The van der Waals surface area contributed by atoms with Crippen molar-refractivity contribution in [3.63, 3.8) is 0 Å². The van der Waals surface area contributed by atoms with Crippen molar-refractivity contribution in [1.29, 1.82) is 0 Å². The molecule has 0 bridgehead atoms. The quantitative estimate of drug-likeness (QED) is 0.558. The van der Waals surface area contributed by atoms with Gasteiger partial charge < -0.3 is 10.1 Å². The van der Waals surface area contributed by atoms with E-state index in [-0.39, 0.29) is 6.67 Å². The van der Waals surface area contributed by atoms with Crippen LogP contribution in [0.4, 0.5) is 4.39 Å². The molecule has 0 aliphatic heterocycles. The minimum absolute atomic E-state index is 0.217. The van der Waals surface area contributed by atoms with Gasteiger partial charge in [-0.3, -0.25) is 4.39 Å². The van der Waals surface area contributed by atoms with Crippen LogP contribution in [0.5, 0.6) is 0 Å². The minimum atomic E-state index is -0.217. The molecule has 0 aromatic rings. The third-order valence-electron chi connectivity index (χ3n) is 2.18. The largest absolute Gasteiger partial charge is 0.381 e. The summed E-state index contributed by atoms with van der Waals surface area (Å²) in [6, 6.07) is 0. The van der Waals surface area contributed by atoms with E-state index in [9.17, 15) is 4.39 Å². The van der Waals surface area contributed by atoms with Crippen molar-refractivity contribution in [1.82, 2.24) is 5.32 Å². The maximum atomic E-state index is 11.7. The first-order chi connectivity index (χ1) is 6.43. The van der Waals surface area contributed by atoms with Crippen LogP contribution in [0.3, 0.4) is 0 Å². The highest BCUT2D eigenvalue weighted by atomic mass is 19.1. The Bertz CT molecular complexity index is 117. The molecule has 2 nitrogen and oxygen atoms in total. The number of ether oxygens (including phenoxy) is 1. The van der Waals surface area contributed by atoms with Gasteiger partial charge in [-0.25, -0.2) is 0 Å². The summed E-state index contributed by atoms with van der Waals surface area (Å²) in [5.74, 6) is 0.861. The number of hydrogen-bond acceptors (Lipinski definition) is 2. The summed E-state index contributed by atoms with van der Waals surface area (Å²) in [6.45, 7) is 3.32. The molecular formula is C10H20FNO. The first-order valence-electron chi connectivity index (χ1n) is 5.28. The van der Waals surface area contributed by atoms with E-state index < -0.39 is 0 Å². The maximum absolute atomic E-state index is 11.7. The van der Waals surface area contributed by atoms with E-state index in [0.717, 1.165) is 38.6 Å². The highest BCUT2D eigenvalue weighted by Gasteiger charge is 2.20. The molecule has 0 amide bonds. The van der Waals surface area contributed by atoms with Gasteiger partial charge in [0.1, 0.15) is 0 Å². The smallest absolute Gasteiger partial charge is 0.0906 e. The molecule has 0 spiro atoms. The SMILES string of the molecule is FCCCNCCCOCC1CC1. The van der Waals surface area contributed by atoms with Crippen molar-refractivity contribution >= 4 is 0 Å². The Morgan fingerprint density at radius 3 is 2.69 bits per heavy atom. The Kier molecular flexibility index (Phi) is 6.11. The van der Waals surface area contributed by atoms with Crippen LogP contribution in [0, 0.1) is 5.92 Å². The van der Waals surface area contributed by atoms with Crippen molar-refractivity contribution in [3.8, 4) is 0 Å². The van der Waals surface area contributed by atoms with E-state index in [4.69, 9.17) is 4.74 Å². The molecule has 1 rings (SSSR count). The summed E-state index contributed by atoms with van der Waals surface area (Å²) in [5.41, 5.74) is 0. The Labute approximate surface area is 79.8 Å². The predicted molar refractivity (Wildman–Crippen MR) is 51.6 cm³/mol. The summed E-state index contributed by atoms with van der Waals surface area (Å²) >= 11 is 0. The highest BCUT2D eigenvalue weighted by molar-refractivity contribution is 4.71. The molecule has 1 aliphatic carbocycles. The second kappa shape index (κ2) is 7.27. The van der Waals surface area contributed by atoms with Crippen LogP contribution in [0.1, 0.15) is 25.7 Å². The van der Waals surface area contributed by atoms with Crippen molar-refractivity contribution in [3.05, 3.63) is 0 Å². The van der Waals surface area contributed by atoms with Gasteiger partial charge in [0.2, 0.25) is 0 Å². The van der Waals surface area contributed by atoms with Gasteiger partial charge >= 0.3 is 0 Å². The number of rotatable bonds is 9. The van der Waals surface area contributed by atoms with Crippen LogP contribution in [0.2, 0.25) is 0 Å². The lowest BCUT2D eigenvalue weighted by atomic mass is 10.4. The molecule has 1 N–H and O–H groups in total. The van der Waals surface area contributed by atoms with Crippen LogP contribution < -0.4 is 5.32 Å². The summed E-state index contributed by atoms with van der Waals surface area (Å²) in [7, 11) is 0. The molecule has 3 heteroatoms. The van der Waals surface area contributed by atoms with Crippen molar-refractivity contribution in [2.24, 2.45) is 5.92 Å². The third kappa shape index (κ3) is 6.96. The second-order valence-electron chi connectivity index (χ2n) is 3.66. The average Bonchev–Trinajstić information content (AvgIpc) is 2.93. The molecule has 0 aromatic heterocycles. The maximum Gasteiger partial charge on any atom is 0.0906 e. The van der Waals surface area contributed by atoms with Gasteiger partial charge in [0.05, 0.1) is 6.67 Å². The number of nitrogens with one attached hydrogen (secondary N) is 1. The molecular weight excluding hydrogens is 169 g/mol. The molecule has 1 aliphatic rings. The summed E-state index contributed by atoms with van der Waals surface area (Å²) in [5, 5.41) is 3.17. The molecule has 0 aromatic carbocycles. The molecule has 0 saturated heterocycles. The van der Waals surface area contributed by atoms with Crippen LogP contribution in [-0.2, 0) is 4.74 Å². The van der Waals surface area contributed by atoms with Crippen molar-refractivity contribution < 1.29 is 9.13 Å². The van der Waals surface area contributed by atoms with Crippen LogP contribution >= 0.6 is 0 Å². The molecule has 0 unspecified atom stereocenters. The van der Waals surface area contributed by atoms with Gasteiger partial charge in [-0.05, 0) is 44.7 Å². The lowest BCUT2D eigenvalue weighted by molar-refractivity contribution is 0.122. The molecule has 0 heterocycles. The summed E-state index contributed by atoms with van der Waals surface area (Å²) < 4.78 is 17.1. The molecule has 1 fully saturated rings. The average molecular weight is 189 g/mol. The third-order valence-corrected chi connectivity index (χ3v) is 2.18. The fraction of sp³-hybridized carbons (Fsp3) is 1.00. The van der Waals surface area contributed by atoms with E-state index in [0.29, 0.717) is 6.42 Å². The molecule has 78 valence electrons. The lowest BCUT2D eigenvalue weighted by Gasteiger charge is -2.04. The fourth-order valence-corrected chi connectivity index (χ4v) is 1.15. The lowest BCUT2D eigenvalue weighted by Crippen LogP contribution is -2.18. The summed E-state index contributed by atoms with van der Waals surface area (Å²) in [4.78, 5) is 0. The van der Waals surface area contributed by atoms with Gasteiger partial charge in [0.15, 0.2) is 0 Å². The molecule has 1 saturated carbocycles. The first kappa shape index (κ1) is 10.9. The van der Waals surface area contributed by atoms with E-state index in [1.54, 1.807) is 0 Å². The Morgan fingerprint density at radius 2 is 2.00 bits per heavy atom. The zero-order valence-electron chi connectivity index (χ0n) is 8.23. The zero-order valence-corrected chi connectivity index (χ0v) is 8.23.